The van der Waals surface area contributed by atoms with Gasteiger partial charge in [-0.3, -0.25) is 9.80 Å². The molecule has 0 N–H and O–H groups in total. The molecule has 9 aromatic carbocycles. The lowest BCUT2D eigenvalue weighted by molar-refractivity contribution is 0.590. The van der Waals surface area contributed by atoms with Gasteiger partial charge in [0.25, 0.3) is 0 Å². The zero-order valence-electron chi connectivity index (χ0n) is 48.6. The van der Waals surface area contributed by atoms with Crippen molar-refractivity contribution in [3.05, 3.63) is 286 Å². The van der Waals surface area contributed by atoms with Crippen LogP contribution in [0.4, 0.5) is 34.4 Å². The summed E-state index contributed by atoms with van der Waals surface area (Å²) in [7, 11) is 0. The smallest absolute Gasteiger partial charge is 0.145 e. The number of nitrogens with zero attached hydrogens (tertiary/aromatic N) is 4. The molecular weight excluding hydrogens is 997 g/mol. The van der Waals surface area contributed by atoms with Gasteiger partial charge in [-0.25, -0.2) is 9.97 Å². The second-order valence-electron chi connectivity index (χ2n) is 24.6. The molecule has 0 aliphatic heterocycles. The zero-order chi connectivity index (χ0) is 56.7. The van der Waals surface area contributed by atoms with Crippen molar-refractivity contribution >= 4 is 56.3 Å². The lowest BCUT2D eigenvalue weighted by atomic mass is 9.67. The summed E-state index contributed by atoms with van der Waals surface area (Å²) >= 11 is 0. The molecule has 82 heavy (non-hydrogen) atoms. The largest absolute Gasteiger partial charge is 0.455 e. The molecule has 5 nitrogen and oxygen atoms in total. The van der Waals surface area contributed by atoms with Crippen LogP contribution >= 0.6 is 0 Å². The van der Waals surface area contributed by atoms with Crippen molar-refractivity contribution in [3.8, 4) is 33.4 Å². The molecule has 1 aliphatic carbocycles. The number of aryl methyl sites for hydroxylation is 4. The van der Waals surface area contributed by atoms with Gasteiger partial charge in [0, 0.05) is 51.5 Å². The second-order valence-corrected chi connectivity index (χ2v) is 24.6. The summed E-state index contributed by atoms with van der Waals surface area (Å²) in [4.78, 5) is 15.7. The van der Waals surface area contributed by atoms with Crippen LogP contribution in [0, 0.1) is 27.7 Å². The summed E-state index contributed by atoms with van der Waals surface area (Å²) in [5.74, 6) is 1.68. The van der Waals surface area contributed by atoms with E-state index < -0.39 is 5.41 Å². The highest BCUT2D eigenvalue weighted by Gasteiger charge is 2.49. The molecule has 402 valence electrons. The van der Waals surface area contributed by atoms with Gasteiger partial charge in [-0.05, 0) is 160 Å². The van der Waals surface area contributed by atoms with Crippen molar-refractivity contribution in [1.82, 2.24) is 9.97 Å². The minimum Gasteiger partial charge on any atom is -0.455 e. The number of para-hydroxylation sites is 1. The first-order valence-electron chi connectivity index (χ1n) is 28.7. The summed E-state index contributed by atoms with van der Waals surface area (Å²) in [6.07, 6.45) is 4.01. The molecule has 3 heterocycles. The number of benzene rings is 9. The number of furan rings is 1. The summed E-state index contributed by atoms with van der Waals surface area (Å²) in [5.41, 5.74) is 22.8. The number of rotatable bonds is 10. The third-order valence-corrected chi connectivity index (χ3v) is 16.8. The van der Waals surface area contributed by atoms with Crippen LogP contribution in [0.2, 0.25) is 0 Å². The number of hydrogen-bond donors (Lipinski definition) is 0. The number of anilines is 6. The summed E-state index contributed by atoms with van der Waals surface area (Å²) < 4.78 is 7.46. The Hall–Kier alpha value is -9.32. The highest BCUT2D eigenvalue weighted by molar-refractivity contribution is 6.19. The fraction of sp³-hybridized carbons (Fsp3) is 0.169. The van der Waals surface area contributed by atoms with E-state index >= 15 is 0 Å². The molecule has 0 amide bonds. The van der Waals surface area contributed by atoms with E-state index in [1.165, 1.54) is 22.3 Å². The van der Waals surface area contributed by atoms with E-state index in [2.05, 4.69) is 297 Å². The fourth-order valence-electron chi connectivity index (χ4n) is 12.5. The van der Waals surface area contributed by atoms with Gasteiger partial charge in [-0.2, -0.15) is 0 Å². The van der Waals surface area contributed by atoms with Gasteiger partial charge in [0.2, 0.25) is 0 Å². The van der Waals surface area contributed by atoms with E-state index in [0.717, 1.165) is 123 Å². The first kappa shape index (κ1) is 52.1. The molecule has 3 aromatic heterocycles. The van der Waals surface area contributed by atoms with Crippen LogP contribution in [0.3, 0.4) is 0 Å². The average molecular weight is 1070 g/mol. The van der Waals surface area contributed by atoms with Crippen LogP contribution in [-0.2, 0) is 16.2 Å². The Morgan fingerprint density at radius 2 is 0.866 bits per heavy atom. The van der Waals surface area contributed by atoms with Crippen molar-refractivity contribution in [2.24, 2.45) is 0 Å². The van der Waals surface area contributed by atoms with Crippen molar-refractivity contribution in [2.45, 2.75) is 85.5 Å². The van der Waals surface area contributed by atoms with E-state index in [-0.39, 0.29) is 10.8 Å². The maximum Gasteiger partial charge on any atom is 0.145 e. The van der Waals surface area contributed by atoms with Gasteiger partial charge in [0.1, 0.15) is 22.8 Å². The van der Waals surface area contributed by atoms with Crippen molar-refractivity contribution < 1.29 is 4.42 Å². The summed E-state index contributed by atoms with van der Waals surface area (Å²) in [5, 5.41) is 2.05. The molecule has 0 unspecified atom stereocenters. The van der Waals surface area contributed by atoms with Crippen LogP contribution in [-0.4, -0.2) is 9.97 Å². The third-order valence-electron chi connectivity index (χ3n) is 16.8. The van der Waals surface area contributed by atoms with E-state index in [0.29, 0.717) is 0 Å². The van der Waals surface area contributed by atoms with E-state index in [4.69, 9.17) is 14.4 Å². The molecular formula is C77H68N4O. The Kier molecular flexibility index (Phi) is 12.7. The lowest BCUT2D eigenvalue weighted by Crippen LogP contribution is -2.29. The summed E-state index contributed by atoms with van der Waals surface area (Å²) in [6.45, 7) is 22.2. The minimum absolute atomic E-state index is 0.0348. The standard InChI is InChI=1S/C77H68N4O/c1-49-25-29-53(30-26-49)64-43-51(3)47-78-73(64)80(59-37-33-55(34-38-59)75(5,6)7)61-41-42-62-66(45-61)77(57-19-13-11-14-20-57,58-21-15-12-16-22-58)67-46-68(71-63-23-17-18-24-69(63)82-72(71)70(62)67)81(60-39-35-56(36-40-60)76(8,9)10)74-65(44-52(4)48-79-74)54-31-27-50(2)28-32-54/h11-48H,1-10H3. The Morgan fingerprint density at radius 3 is 1.38 bits per heavy atom. The highest BCUT2D eigenvalue weighted by atomic mass is 16.3. The van der Waals surface area contributed by atoms with Crippen LogP contribution in [0.25, 0.3) is 55.3 Å². The lowest BCUT2D eigenvalue weighted by Gasteiger charge is -2.36. The fourth-order valence-corrected chi connectivity index (χ4v) is 12.5. The first-order chi connectivity index (χ1) is 39.6. The quantitative estimate of drug-likeness (QED) is 0.137. The van der Waals surface area contributed by atoms with Gasteiger partial charge in [-0.15, -0.1) is 0 Å². The molecule has 13 rings (SSSR count). The molecule has 0 radical (unpaired) electrons. The Morgan fingerprint density at radius 1 is 0.402 bits per heavy atom. The van der Waals surface area contributed by atoms with E-state index in [1.54, 1.807) is 0 Å². The van der Waals surface area contributed by atoms with Gasteiger partial charge in [0.05, 0.1) is 16.5 Å². The van der Waals surface area contributed by atoms with Gasteiger partial charge in [-0.1, -0.05) is 210 Å². The Balaban J connectivity index is 1.16. The van der Waals surface area contributed by atoms with Gasteiger partial charge < -0.3 is 4.42 Å². The normalized spacial score (nSPS) is 12.9. The molecule has 0 saturated carbocycles. The first-order valence-corrected chi connectivity index (χ1v) is 28.7. The number of aromatic nitrogens is 2. The summed E-state index contributed by atoms with van der Waals surface area (Å²) in [6, 6.07) is 80.7. The van der Waals surface area contributed by atoms with Crippen molar-refractivity contribution in [2.75, 3.05) is 9.80 Å². The zero-order valence-corrected chi connectivity index (χ0v) is 48.6. The monoisotopic (exact) mass is 1060 g/mol. The average Bonchev–Trinajstić information content (AvgIpc) is 1.89. The SMILES string of the molecule is Cc1ccc(-c2cc(C)cnc2N(c2ccc(C(C)(C)C)cc2)c2ccc3c(c2)C(c2ccccc2)(c2ccccc2)c2cc(N(c4ccc(C(C)(C)C)cc4)c4ncc(C)cc4-c4ccc(C)cc4)c4c(oc5ccccc54)c2-3)cc1. The van der Waals surface area contributed by atoms with Crippen molar-refractivity contribution in [1.29, 1.82) is 0 Å². The predicted octanol–water partition coefficient (Wildman–Crippen LogP) is 20.8. The second kappa shape index (κ2) is 20.0. The Labute approximate surface area is 483 Å². The molecule has 1 aliphatic rings. The topological polar surface area (TPSA) is 45.4 Å². The van der Waals surface area contributed by atoms with E-state index in [1.807, 2.05) is 12.4 Å². The molecule has 0 bridgehead atoms. The molecule has 0 spiro atoms. The molecule has 0 fully saturated rings. The third kappa shape index (κ3) is 8.87. The highest BCUT2D eigenvalue weighted by Crippen LogP contribution is 2.62. The predicted molar refractivity (Wildman–Crippen MR) is 343 cm³/mol. The van der Waals surface area contributed by atoms with Crippen LogP contribution in [0.15, 0.2) is 235 Å². The molecule has 12 aromatic rings. The minimum atomic E-state index is -0.865. The Bertz CT molecular complexity index is 4310. The maximum atomic E-state index is 7.46. The van der Waals surface area contributed by atoms with Gasteiger partial charge >= 0.3 is 0 Å². The number of fused-ring (bicyclic) bond motifs is 7. The van der Waals surface area contributed by atoms with Gasteiger partial charge in [0.15, 0.2) is 0 Å². The maximum absolute atomic E-state index is 7.46. The number of pyridine rings is 2. The molecule has 0 saturated heterocycles. The van der Waals surface area contributed by atoms with E-state index in [9.17, 15) is 0 Å². The molecule has 5 heteroatoms. The van der Waals surface area contributed by atoms with Crippen LogP contribution in [0.1, 0.15) is 97.2 Å². The number of hydrogen-bond acceptors (Lipinski definition) is 5. The van der Waals surface area contributed by atoms with Crippen LogP contribution in [0.5, 0.6) is 0 Å². The molecule has 0 atom stereocenters. The van der Waals surface area contributed by atoms with Crippen LogP contribution < -0.4 is 9.80 Å². The van der Waals surface area contributed by atoms with Crippen molar-refractivity contribution in [3.63, 3.8) is 0 Å².